The monoisotopic (exact) mass is 162 g/mol. The third kappa shape index (κ3) is 1.61. The van der Waals surface area contributed by atoms with E-state index in [0.717, 1.165) is 0 Å². The van der Waals surface area contributed by atoms with E-state index >= 15 is 0 Å². The van der Waals surface area contributed by atoms with Gasteiger partial charge in [0.25, 0.3) is 0 Å². The zero-order valence-electron chi connectivity index (χ0n) is 6.57. The van der Waals surface area contributed by atoms with Crippen molar-refractivity contribution >= 4 is 11.8 Å². The minimum atomic E-state index is 0.192. The summed E-state index contributed by atoms with van der Waals surface area (Å²) in [5, 5.41) is 11.3. The molecule has 0 aromatic carbocycles. The highest BCUT2D eigenvalue weighted by molar-refractivity contribution is 5.49. The Kier molecular flexibility index (Phi) is 2.43. The Morgan fingerprint density at radius 2 is 2.50 bits per heavy atom. The summed E-state index contributed by atoms with van der Waals surface area (Å²) in [4.78, 5) is 7.68. The first kappa shape index (κ1) is 8.27. The predicted molar refractivity (Wildman–Crippen MR) is 44.8 cm³/mol. The smallest absolute Gasteiger partial charge is 0.224 e. The van der Waals surface area contributed by atoms with E-state index in [1.165, 1.54) is 6.20 Å². The average Bonchev–Trinajstić information content (AvgIpc) is 2.05. The Labute approximate surface area is 70.2 Å². The second kappa shape index (κ2) is 3.53. The van der Waals surface area contributed by atoms with Gasteiger partial charge in [-0.05, 0) is 6.92 Å². The highest BCUT2D eigenvalue weighted by Gasteiger charge is 2.01. The maximum atomic E-state index is 8.50. The summed E-state index contributed by atoms with van der Waals surface area (Å²) in [6.07, 6.45) is 1.38. The summed E-state index contributed by atoms with van der Waals surface area (Å²) < 4.78 is 0. The lowest BCUT2D eigenvalue weighted by molar-refractivity contribution is 1.13. The van der Waals surface area contributed by atoms with Crippen LogP contribution >= 0.6 is 0 Å². The van der Waals surface area contributed by atoms with Crippen molar-refractivity contribution < 1.29 is 0 Å². The Bertz CT molecular complexity index is 314. The minimum Gasteiger partial charge on any atom is -0.382 e. The van der Waals surface area contributed by atoms with Crippen LogP contribution in [0.3, 0.4) is 0 Å². The Balaban J connectivity index is 2.96. The van der Waals surface area contributed by atoms with E-state index in [9.17, 15) is 0 Å². The van der Waals surface area contributed by atoms with Gasteiger partial charge in [-0.25, -0.2) is 4.98 Å². The van der Waals surface area contributed by atoms with E-state index in [-0.39, 0.29) is 11.4 Å². The molecule has 1 rings (SSSR count). The predicted octanol–water partition coefficient (Wildman–Crippen LogP) is 0.524. The maximum Gasteiger partial charge on any atom is 0.224 e. The summed E-state index contributed by atoms with van der Waals surface area (Å²) in [6, 6.07) is 1.88. The Hall–Kier alpha value is -1.83. The number of hydrogen-bond acceptors (Lipinski definition) is 5. The molecule has 5 heteroatoms. The molecule has 0 bridgehead atoms. The molecule has 61 valence electrons. The molecule has 0 aliphatic heterocycles. The SMILES string of the molecule is C[CH]Nc1ncc(C#N)c(N)n1. The molecule has 0 atom stereocenters. The van der Waals surface area contributed by atoms with Gasteiger partial charge < -0.3 is 11.1 Å². The van der Waals surface area contributed by atoms with Crippen LogP contribution in [0.1, 0.15) is 12.5 Å². The number of nitrogens with two attached hydrogens (primary N) is 1. The van der Waals surface area contributed by atoms with Gasteiger partial charge in [0.05, 0.1) is 6.20 Å². The molecule has 0 amide bonds. The van der Waals surface area contributed by atoms with Crippen LogP contribution in [-0.2, 0) is 0 Å². The van der Waals surface area contributed by atoms with Gasteiger partial charge in [-0.15, -0.1) is 0 Å². The maximum absolute atomic E-state index is 8.50. The highest BCUT2D eigenvalue weighted by Crippen LogP contribution is 2.07. The topological polar surface area (TPSA) is 87.6 Å². The molecule has 1 heterocycles. The van der Waals surface area contributed by atoms with Gasteiger partial charge in [-0.3, -0.25) is 0 Å². The molecule has 0 saturated carbocycles. The van der Waals surface area contributed by atoms with E-state index in [2.05, 4.69) is 15.3 Å². The zero-order valence-corrected chi connectivity index (χ0v) is 6.57. The van der Waals surface area contributed by atoms with Crippen molar-refractivity contribution in [3.05, 3.63) is 18.3 Å². The van der Waals surface area contributed by atoms with Gasteiger partial charge in [0, 0.05) is 6.54 Å². The Morgan fingerprint density at radius 1 is 1.75 bits per heavy atom. The first-order valence-electron chi connectivity index (χ1n) is 3.35. The van der Waals surface area contributed by atoms with Gasteiger partial charge in [0.15, 0.2) is 0 Å². The fourth-order valence-electron chi connectivity index (χ4n) is 0.680. The van der Waals surface area contributed by atoms with Crippen LogP contribution in [0, 0.1) is 17.9 Å². The lowest BCUT2D eigenvalue weighted by Crippen LogP contribution is -2.02. The average molecular weight is 162 g/mol. The van der Waals surface area contributed by atoms with Crippen molar-refractivity contribution in [2.45, 2.75) is 6.92 Å². The summed E-state index contributed by atoms with van der Waals surface area (Å²) in [6.45, 7) is 3.48. The molecular weight excluding hydrogens is 154 g/mol. The number of nitrogens with one attached hydrogen (secondary N) is 1. The lowest BCUT2D eigenvalue weighted by atomic mass is 10.3. The standard InChI is InChI=1S/C7H8N5/c1-2-10-7-11-4-5(3-8)6(9)12-7/h2,4H,1H3,(H3,9,10,11,12). The summed E-state index contributed by atoms with van der Waals surface area (Å²) >= 11 is 0. The molecular formula is C7H8N5. The normalized spacial score (nSPS) is 9.00. The van der Waals surface area contributed by atoms with E-state index < -0.39 is 0 Å². The summed E-state index contributed by atoms with van der Waals surface area (Å²) in [7, 11) is 0. The second-order valence-corrected chi connectivity index (χ2v) is 2.04. The van der Waals surface area contributed by atoms with Crippen molar-refractivity contribution in [2.24, 2.45) is 0 Å². The molecule has 0 saturated heterocycles. The van der Waals surface area contributed by atoms with Crippen molar-refractivity contribution in [3.63, 3.8) is 0 Å². The van der Waals surface area contributed by atoms with Crippen molar-refractivity contribution in [1.29, 1.82) is 5.26 Å². The number of hydrogen-bond donors (Lipinski definition) is 2. The van der Waals surface area contributed by atoms with Crippen LogP contribution in [0.15, 0.2) is 6.20 Å². The lowest BCUT2D eigenvalue weighted by Gasteiger charge is -2.01. The first-order chi connectivity index (χ1) is 5.77. The Morgan fingerprint density at radius 3 is 3.00 bits per heavy atom. The quantitative estimate of drug-likeness (QED) is 0.662. The van der Waals surface area contributed by atoms with Crippen LogP contribution in [0.5, 0.6) is 0 Å². The molecule has 0 unspecified atom stereocenters. The van der Waals surface area contributed by atoms with Crippen LogP contribution in [-0.4, -0.2) is 9.97 Å². The van der Waals surface area contributed by atoms with Gasteiger partial charge in [0.2, 0.25) is 5.95 Å². The van der Waals surface area contributed by atoms with Crippen LogP contribution < -0.4 is 11.1 Å². The van der Waals surface area contributed by atoms with Crippen LogP contribution in [0.25, 0.3) is 0 Å². The number of aromatic nitrogens is 2. The first-order valence-corrected chi connectivity index (χ1v) is 3.35. The third-order valence-electron chi connectivity index (χ3n) is 1.21. The largest absolute Gasteiger partial charge is 0.382 e. The summed E-state index contributed by atoms with van der Waals surface area (Å²) in [5.74, 6) is 0.589. The molecule has 0 aliphatic rings. The number of anilines is 2. The van der Waals surface area contributed by atoms with Gasteiger partial charge in [-0.1, -0.05) is 0 Å². The molecule has 1 aromatic rings. The molecule has 0 aliphatic carbocycles. The van der Waals surface area contributed by atoms with Crippen LogP contribution in [0.2, 0.25) is 0 Å². The van der Waals surface area contributed by atoms with E-state index in [4.69, 9.17) is 11.0 Å². The highest BCUT2D eigenvalue weighted by atomic mass is 15.1. The molecule has 0 spiro atoms. The number of nitriles is 1. The fourth-order valence-corrected chi connectivity index (χ4v) is 0.680. The third-order valence-corrected chi connectivity index (χ3v) is 1.21. The second-order valence-electron chi connectivity index (χ2n) is 2.04. The molecule has 5 nitrogen and oxygen atoms in total. The van der Waals surface area contributed by atoms with Crippen molar-refractivity contribution in [1.82, 2.24) is 9.97 Å². The molecule has 0 fully saturated rings. The van der Waals surface area contributed by atoms with E-state index in [0.29, 0.717) is 5.95 Å². The summed E-state index contributed by atoms with van der Waals surface area (Å²) in [5.41, 5.74) is 5.72. The van der Waals surface area contributed by atoms with Crippen molar-refractivity contribution in [2.75, 3.05) is 11.1 Å². The number of nitrogen functional groups attached to an aromatic ring is 1. The zero-order chi connectivity index (χ0) is 8.97. The molecule has 1 aromatic heterocycles. The minimum absolute atomic E-state index is 0.192. The van der Waals surface area contributed by atoms with E-state index in [1.54, 1.807) is 13.5 Å². The van der Waals surface area contributed by atoms with Crippen LogP contribution in [0.4, 0.5) is 11.8 Å². The molecule has 1 radical (unpaired) electrons. The molecule has 12 heavy (non-hydrogen) atoms. The molecule has 3 N–H and O–H groups in total. The number of nitrogens with zero attached hydrogens (tertiary/aromatic N) is 3. The van der Waals surface area contributed by atoms with Gasteiger partial charge in [-0.2, -0.15) is 10.2 Å². The van der Waals surface area contributed by atoms with E-state index in [1.807, 2.05) is 6.07 Å². The number of rotatable bonds is 2. The van der Waals surface area contributed by atoms with Gasteiger partial charge >= 0.3 is 0 Å². The fraction of sp³-hybridized carbons (Fsp3) is 0.143. The van der Waals surface area contributed by atoms with Crippen molar-refractivity contribution in [3.8, 4) is 6.07 Å². The van der Waals surface area contributed by atoms with Gasteiger partial charge in [0.1, 0.15) is 17.5 Å².